The highest BCUT2D eigenvalue weighted by atomic mass is 16.3. The van der Waals surface area contributed by atoms with Crippen LogP contribution in [-0.4, -0.2) is 19.0 Å². The van der Waals surface area contributed by atoms with Crippen LogP contribution in [0.3, 0.4) is 0 Å². The van der Waals surface area contributed by atoms with Crippen LogP contribution in [0.25, 0.3) is 11.0 Å². The van der Waals surface area contributed by atoms with Gasteiger partial charge in [-0.3, -0.25) is 4.79 Å². The monoisotopic (exact) mass is 334 g/mol. The van der Waals surface area contributed by atoms with Crippen LogP contribution >= 0.6 is 0 Å². The maximum atomic E-state index is 12.4. The van der Waals surface area contributed by atoms with Gasteiger partial charge in [-0.15, -0.1) is 0 Å². The van der Waals surface area contributed by atoms with Gasteiger partial charge in [0.15, 0.2) is 0 Å². The van der Waals surface area contributed by atoms with Crippen molar-refractivity contribution in [2.45, 2.75) is 25.8 Å². The number of amides is 1. The number of aryl methyl sites for hydroxylation is 1. The van der Waals surface area contributed by atoms with E-state index < -0.39 is 0 Å². The number of furan rings is 1. The number of hydrogen-bond acceptors (Lipinski definition) is 3. The van der Waals surface area contributed by atoms with Gasteiger partial charge in [0.25, 0.3) is 5.91 Å². The van der Waals surface area contributed by atoms with Crippen molar-refractivity contribution in [1.82, 2.24) is 10.6 Å². The van der Waals surface area contributed by atoms with E-state index in [-0.39, 0.29) is 5.91 Å². The largest absolute Gasteiger partial charge is 0.459 e. The fraction of sp³-hybridized carbons (Fsp3) is 0.286. The van der Waals surface area contributed by atoms with Gasteiger partial charge in [0, 0.05) is 23.1 Å². The Kier molecular flexibility index (Phi) is 4.28. The van der Waals surface area contributed by atoms with Gasteiger partial charge in [0.2, 0.25) is 0 Å². The normalized spacial score (nSPS) is 17.1. The van der Waals surface area contributed by atoms with Crippen molar-refractivity contribution in [3.05, 3.63) is 71.0 Å². The van der Waals surface area contributed by atoms with Crippen LogP contribution in [0.5, 0.6) is 0 Å². The smallest absolute Gasteiger partial charge is 0.251 e. The molecular weight excluding hydrogens is 312 g/mol. The van der Waals surface area contributed by atoms with Crippen molar-refractivity contribution >= 4 is 16.9 Å². The van der Waals surface area contributed by atoms with Crippen LogP contribution in [0.15, 0.2) is 52.9 Å². The van der Waals surface area contributed by atoms with Crippen molar-refractivity contribution in [2.24, 2.45) is 0 Å². The van der Waals surface area contributed by atoms with Crippen molar-refractivity contribution in [3.8, 4) is 0 Å². The van der Waals surface area contributed by atoms with Gasteiger partial charge < -0.3 is 15.1 Å². The summed E-state index contributed by atoms with van der Waals surface area (Å²) in [6.45, 7) is 4.52. The molecule has 25 heavy (non-hydrogen) atoms. The molecule has 3 aromatic rings. The Morgan fingerprint density at radius 2 is 2.00 bits per heavy atom. The van der Waals surface area contributed by atoms with E-state index in [2.05, 4.69) is 22.8 Å². The third-order valence-electron chi connectivity index (χ3n) is 5.06. The molecule has 2 heterocycles. The second kappa shape index (κ2) is 6.73. The molecule has 1 fully saturated rings. The Hall–Kier alpha value is -2.59. The van der Waals surface area contributed by atoms with Crippen molar-refractivity contribution in [3.63, 3.8) is 0 Å². The van der Waals surface area contributed by atoms with Gasteiger partial charge in [0.05, 0.1) is 6.54 Å². The van der Waals surface area contributed by atoms with Crippen LogP contribution in [-0.2, 0) is 6.54 Å². The maximum absolute atomic E-state index is 12.4. The molecule has 4 rings (SSSR count). The van der Waals surface area contributed by atoms with Gasteiger partial charge in [-0.05, 0) is 49.6 Å². The van der Waals surface area contributed by atoms with E-state index in [1.54, 1.807) is 0 Å². The van der Waals surface area contributed by atoms with Gasteiger partial charge in [-0.25, -0.2) is 0 Å². The lowest BCUT2D eigenvalue weighted by atomic mass is 9.97. The summed E-state index contributed by atoms with van der Waals surface area (Å²) in [6, 6.07) is 15.9. The number of rotatable bonds is 4. The van der Waals surface area contributed by atoms with Crippen molar-refractivity contribution in [1.29, 1.82) is 0 Å². The lowest BCUT2D eigenvalue weighted by Crippen LogP contribution is -2.22. The minimum atomic E-state index is -0.0732. The first-order valence-corrected chi connectivity index (χ1v) is 8.78. The van der Waals surface area contributed by atoms with Crippen molar-refractivity contribution < 1.29 is 9.21 Å². The third-order valence-corrected chi connectivity index (χ3v) is 5.06. The molecule has 1 aliphatic rings. The molecule has 128 valence electrons. The molecule has 0 saturated carbocycles. The Morgan fingerprint density at radius 3 is 2.72 bits per heavy atom. The second-order valence-electron chi connectivity index (χ2n) is 6.64. The molecule has 4 nitrogen and oxygen atoms in total. The lowest BCUT2D eigenvalue weighted by molar-refractivity contribution is 0.0948. The molecule has 0 unspecified atom stereocenters. The number of fused-ring (bicyclic) bond motifs is 1. The molecule has 0 aliphatic carbocycles. The highest BCUT2D eigenvalue weighted by Crippen LogP contribution is 2.25. The zero-order chi connectivity index (χ0) is 17.2. The van der Waals surface area contributed by atoms with Crippen LogP contribution in [0.1, 0.15) is 39.6 Å². The van der Waals surface area contributed by atoms with E-state index in [1.165, 1.54) is 5.56 Å². The molecule has 0 bridgehead atoms. The summed E-state index contributed by atoms with van der Waals surface area (Å²) in [5.41, 5.74) is 3.93. The van der Waals surface area contributed by atoms with E-state index in [4.69, 9.17) is 4.42 Å². The minimum absolute atomic E-state index is 0.0732. The summed E-state index contributed by atoms with van der Waals surface area (Å²) < 4.78 is 5.85. The maximum Gasteiger partial charge on any atom is 0.251 e. The molecule has 0 radical (unpaired) electrons. The molecule has 2 aromatic carbocycles. The van der Waals surface area contributed by atoms with Gasteiger partial charge in [-0.1, -0.05) is 30.3 Å². The number of carbonyl (C=O) groups excluding carboxylic acids is 1. The zero-order valence-corrected chi connectivity index (χ0v) is 14.3. The number of carbonyl (C=O) groups is 1. The van der Waals surface area contributed by atoms with E-state index in [0.717, 1.165) is 41.8 Å². The lowest BCUT2D eigenvalue weighted by Gasteiger charge is -2.10. The summed E-state index contributed by atoms with van der Waals surface area (Å²) in [7, 11) is 0. The highest BCUT2D eigenvalue weighted by Gasteiger charge is 2.17. The molecule has 2 N–H and O–H groups in total. The summed E-state index contributed by atoms with van der Waals surface area (Å²) in [5, 5.41) is 7.43. The average Bonchev–Trinajstić information content (AvgIpc) is 3.29. The van der Waals surface area contributed by atoms with E-state index in [1.807, 2.05) is 43.3 Å². The predicted molar refractivity (Wildman–Crippen MR) is 98.8 cm³/mol. The number of nitrogens with one attached hydrogen (secondary N) is 2. The van der Waals surface area contributed by atoms with Crippen LogP contribution < -0.4 is 10.6 Å². The summed E-state index contributed by atoms with van der Waals surface area (Å²) in [5.74, 6) is 1.30. The molecular formula is C21H22N2O2. The van der Waals surface area contributed by atoms with Crippen molar-refractivity contribution in [2.75, 3.05) is 13.1 Å². The van der Waals surface area contributed by atoms with E-state index >= 15 is 0 Å². The molecule has 1 aliphatic heterocycles. The SMILES string of the molecule is Cc1c(CNC(=O)c2ccc([C@H]3CCNC3)cc2)oc2ccccc12. The molecule has 1 aromatic heterocycles. The number of hydrogen-bond donors (Lipinski definition) is 2. The summed E-state index contributed by atoms with van der Waals surface area (Å²) in [4.78, 5) is 12.4. The first kappa shape index (κ1) is 15.9. The second-order valence-corrected chi connectivity index (χ2v) is 6.64. The quantitative estimate of drug-likeness (QED) is 0.764. The van der Waals surface area contributed by atoms with Gasteiger partial charge >= 0.3 is 0 Å². The predicted octanol–water partition coefficient (Wildman–Crippen LogP) is 3.75. The Balaban J connectivity index is 1.43. The summed E-state index contributed by atoms with van der Waals surface area (Å²) >= 11 is 0. The average molecular weight is 334 g/mol. The zero-order valence-electron chi connectivity index (χ0n) is 14.3. The molecule has 4 heteroatoms. The fourth-order valence-corrected chi connectivity index (χ4v) is 3.50. The van der Waals surface area contributed by atoms with Crippen LogP contribution in [0.4, 0.5) is 0 Å². The minimum Gasteiger partial charge on any atom is -0.459 e. The first-order chi connectivity index (χ1) is 12.2. The summed E-state index contributed by atoms with van der Waals surface area (Å²) in [6.07, 6.45) is 1.16. The van der Waals surface area contributed by atoms with Crippen LogP contribution in [0.2, 0.25) is 0 Å². The number of para-hydroxylation sites is 1. The molecule has 1 saturated heterocycles. The van der Waals surface area contributed by atoms with Crippen LogP contribution in [0, 0.1) is 6.92 Å². The Morgan fingerprint density at radius 1 is 1.20 bits per heavy atom. The fourth-order valence-electron chi connectivity index (χ4n) is 3.50. The Labute approximate surface area is 147 Å². The first-order valence-electron chi connectivity index (χ1n) is 8.78. The van der Waals surface area contributed by atoms with E-state index in [9.17, 15) is 4.79 Å². The third kappa shape index (κ3) is 3.17. The number of benzene rings is 2. The molecule has 1 amide bonds. The molecule has 1 atom stereocenters. The Bertz CT molecular complexity index is 890. The van der Waals surface area contributed by atoms with Gasteiger partial charge in [-0.2, -0.15) is 0 Å². The standard InChI is InChI=1S/C21H22N2O2/c1-14-18-4-2-3-5-19(18)25-20(14)13-23-21(24)16-8-6-15(7-9-16)17-10-11-22-12-17/h2-9,17,22H,10-13H2,1H3,(H,23,24)/t17-/m0/s1. The highest BCUT2D eigenvalue weighted by molar-refractivity contribution is 5.94. The topological polar surface area (TPSA) is 54.3 Å². The van der Waals surface area contributed by atoms with Gasteiger partial charge in [0.1, 0.15) is 11.3 Å². The van der Waals surface area contributed by atoms with E-state index in [0.29, 0.717) is 18.0 Å². The molecule has 0 spiro atoms.